The summed E-state index contributed by atoms with van der Waals surface area (Å²) in [5.74, 6) is 0.766. The molecule has 0 bridgehead atoms. The maximum atomic E-state index is 12.1. The number of amides is 1. The molecule has 0 radical (unpaired) electrons. The first kappa shape index (κ1) is 15.0. The van der Waals surface area contributed by atoms with Crippen LogP contribution >= 0.6 is 15.9 Å². The first-order valence-corrected chi connectivity index (χ1v) is 7.47. The van der Waals surface area contributed by atoms with Crippen LogP contribution in [0.1, 0.15) is 40.0 Å². The molecular weight excluding hydrogens is 282 g/mol. The first-order valence-electron chi connectivity index (χ1n) is 6.35. The second-order valence-electron chi connectivity index (χ2n) is 5.52. The topological polar surface area (TPSA) is 29.5 Å². The van der Waals surface area contributed by atoms with Gasteiger partial charge in [0.25, 0.3) is 0 Å². The van der Waals surface area contributed by atoms with Crippen molar-refractivity contribution in [1.82, 2.24) is 4.90 Å². The molecule has 1 aliphatic rings. The van der Waals surface area contributed by atoms with Crippen LogP contribution in [0, 0.1) is 5.92 Å². The Morgan fingerprint density at radius 1 is 1.47 bits per heavy atom. The van der Waals surface area contributed by atoms with E-state index >= 15 is 0 Å². The molecule has 1 fully saturated rings. The van der Waals surface area contributed by atoms with Crippen LogP contribution in [0.5, 0.6) is 0 Å². The number of halogens is 1. The van der Waals surface area contributed by atoms with Crippen molar-refractivity contribution in [3.8, 4) is 0 Å². The normalized spacial score (nSPS) is 24.3. The van der Waals surface area contributed by atoms with Crippen LogP contribution in [-0.4, -0.2) is 41.4 Å². The van der Waals surface area contributed by atoms with Crippen molar-refractivity contribution >= 4 is 21.8 Å². The van der Waals surface area contributed by atoms with Crippen LogP contribution in [-0.2, 0) is 9.53 Å². The Bertz CT molecular complexity index is 262. The van der Waals surface area contributed by atoms with Gasteiger partial charge >= 0.3 is 0 Å². The molecule has 17 heavy (non-hydrogen) atoms. The summed E-state index contributed by atoms with van der Waals surface area (Å²) in [7, 11) is 1.89. The minimum absolute atomic E-state index is 0.111. The number of nitrogens with zero attached hydrogens (tertiary/aromatic N) is 1. The molecule has 0 aliphatic heterocycles. The van der Waals surface area contributed by atoms with E-state index in [1.807, 2.05) is 18.9 Å². The molecule has 1 aliphatic carbocycles. The Morgan fingerprint density at radius 3 is 2.53 bits per heavy atom. The fourth-order valence-corrected chi connectivity index (χ4v) is 2.40. The van der Waals surface area contributed by atoms with Crippen molar-refractivity contribution in [2.75, 3.05) is 19.0 Å². The SMILES string of the molecule is CCOC1CC(CC(=O)N(C)C(C)(C)CBr)C1. The highest BCUT2D eigenvalue weighted by Gasteiger charge is 2.34. The van der Waals surface area contributed by atoms with E-state index < -0.39 is 0 Å². The highest BCUT2D eigenvalue weighted by atomic mass is 79.9. The molecule has 1 rings (SSSR count). The lowest BCUT2D eigenvalue weighted by atomic mass is 9.79. The van der Waals surface area contributed by atoms with Gasteiger partial charge in [-0.3, -0.25) is 4.79 Å². The second kappa shape index (κ2) is 6.19. The Hall–Kier alpha value is -0.0900. The van der Waals surface area contributed by atoms with Gasteiger partial charge in [-0.1, -0.05) is 15.9 Å². The standard InChI is InChI=1S/C13H24BrNO2/c1-5-17-11-6-10(7-11)8-12(16)15(4)13(2,3)9-14/h10-11H,5-9H2,1-4H3. The Labute approximate surface area is 113 Å². The Morgan fingerprint density at radius 2 is 2.06 bits per heavy atom. The van der Waals surface area contributed by atoms with Crippen LogP contribution in [0.25, 0.3) is 0 Å². The van der Waals surface area contributed by atoms with Crippen LogP contribution in [0.4, 0.5) is 0 Å². The molecule has 0 spiro atoms. The molecule has 0 aromatic heterocycles. The lowest BCUT2D eigenvalue weighted by molar-refractivity contribution is -0.137. The molecule has 3 nitrogen and oxygen atoms in total. The molecule has 0 saturated heterocycles. The quantitative estimate of drug-likeness (QED) is 0.706. The first-order chi connectivity index (χ1) is 7.90. The van der Waals surface area contributed by atoms with Crippen molar-refractivity contribution in [2.45, 2.75) is 51.7 Å². The van der Waals surface area contributed by atoms with Crippen molar-refractivity contribution in [1.29, 1.82) is 0 Å². The maximum absolute atomic E-state index is 12.1. The van der Waals surface area contributed by atoms with Crippen molar-refractivity contribution < 1.29 is 9.53 Å². The summed E-state index contributed by atoms with van der Waals surface area (Å²) < 4.78 is 5.51. The van der Waals surface area contributed by atoms with Gasteiger partial charge in [0.1, 0.15) is 0 Å². The fraction of sp³-hybridized carbons (Fsp3) is 0.923. The lowest BCUT2D eigenvalue weighted by Crippen LogP contribution is -2.47. The van der Waals surface area contributed by atoms with Gasteiger partial charge in [-0.2, -0.15) is 0 Å². The molecular formula is C13H24BrNO2. The van der Waals surface area contributed by atoms with Crippen LogP contribution in [0.3, 0.4) is 0 Å². The smallest absolute Gasteiger partial charge is 0.223 e. The molecule has 1 saturated carbocycles. The van der Waals surface area contributed by atoms with Gasteiger partial charge in [-0.05, 0) is 39.5 Å². The number of ether oxygens (including phenoxy) is 1. The lowest BCUT2D eigenvalue weighted by Gasteiger charge is -2.38. The van der Waals surface area contributed by atoms with E-state index in [4.69, 9.17) is 4.74 Å². The molecule has 0 N–H and O–H groups in total. The second-order valence-corrected chi connectivity index (χ2v) is 6.08. The summed E-state index contributed by atoms with van der Waals surface area (Å²) in [4.78, 5) is 13.9. The highest BCUT2D eigenvalue weighted by Crippen LogP contribution is 2.33. The van der Waals surface area contributed by atoms with E-state index in [-0.39, 0.29) is 11.4 Å². The molecule has 0 aromatic rings. The summed E-state index contributed by atoms with van der Waals surface area (Å²) in [6, 6.07) is 0. The van der Waals surface area contributed by atoms with Crippen molar-refractivity contribution in [2.24, 2.45) is 5.92 Å². The van der Waals surface area contributed by atoms with Gasteiger partial charge in [-0.15, -0.1) is 0 Å². The number of rotatable bonds is 6. The molecule has 0 heterocycles. The summed E-state index contributed by atoms with van der Waals surface area (Å²) in [5, 5.41) is 0.800. The van der Waals surface area contributed by atoms with Gasteiger partial charge in [0.2, 0.25) is 5.91 Å². The average Bonchev–Trinajstić information content (AvgIpc) is 2.25. The van der Waals surface area contributed by atoms with Gasteiger partial charge in [0.15, 0.2) is 0 Å². The van der Waals surface area contributed by atoms with Gasteiger partial charge < -0.3 is 9.64 Å². The summed E-state index contributed by atoms with van der Waals surface area (Å²) in [6.07, 6.45) is 3.15. The van der Waals surface area contributed by atoms with E-state index in [0.717, 1.165) is 24.8 Å². The van der Waals surface area contributed by atoms with E-state index in [1.165, 1.54) is 0 Å². The molecule has 1 amide bonds. The van der Waals surface area contributed by atoms with Crippen LogP contribution in [0.2, 0.25) is 0 Å². The zero-order valence-corrected chi connectivity index (χ0v) is 12.9. The highest BCUT2D eigenvalue weighted by molar-refractivity contribution is 9.09. The van der Waals surface area contributed by atoms with Crippen LogP contribution < -0.4 is 0 Å². The van der Waals surface area contributed by atoms with Crippen molar-refractivity contribution in [3.05, 3.63) is 0 Å². The summed E-state index contributed by atoms with van der Waals surface area (Å²) in [5.41, 5.74) is -0.111. The minimum Gasteiger partial charge on any atom is -0.378 e. The maximum Gasteiger partial charge on any atom is 0.223 e. The summed E-state index contributed by atoms with van der Waals surface area (Å²) >= 11 is 3.45. The van der Waals surface area contributed by atoms with Crippen molar-refractivity contribution in [3.63, 3.8) is 0 Å². The van der Waals surface area contributed by atoms with Gasteiger partial charge in [0.05, 0.1) is 6.10 Å². The van der Waals surface area contributed by atoms with Gasteiger partial charge in [-0.25, -0.2) is 0 Å². The monoisotopic (exact) mass is 305 g/mol. The molecule has 100 valence electrons. The number of alkyl halides is 1. The predicted octanol–water partition coefficient (Wildman–Crippen LogP) is 2.82. The Balaban J connectivity index is 2.31. The number of carbonyl (C=O) groups excluding carboxylic acids is 1. The van der Waals surface area contributed by atoms with E-state index in [9.17, 15) is 4.79 Å². The molecule has 0 atom stereocenters. The van der Waals surface area contributed by atoms with Gasteiger partial charge in [0, 0.05) is 30.9 Å². The van der Waals surface area contributed by atoms with E-state index in [0.29, 0.717) is 18.4 Å². The van der Waals surface area contributed by atoms with E-state index in [1.54, 1.807) is 0 Å². The molecule has 0 unspecified atom stereocenters. The van der Waals surface area contributed by atoms with Crippen LogP contribution in [0.15, 0.2) is 0 Å². The largest absolute Gasteiger partial charge is 0.378 e. The third-order valence-corrected chi connectivity index (χ3v) is 5.04. The number of hydrogen-bond donors (Lipinski definition) is 0. The molecule has 0 aromatic carbocycles. The molecule has 4 heteroatoms. The predicted molar refractivity (Wildman–Crippen MR) is 73.4 cm³/mol. The number of carbonyl (C=O) groups is 1. The Kier molecular flexibility index (Phi) is 5.45. The third kappa shape index (κ3) is 3.95. The third-order valence-electron chi connectivity index (χ3n) is 3.67. The summed E-state index contributed by atoms with van der Waals surface area (Å²) in [6.45, 7) is 6.94. The van der Waals surface area contributed by atoms with E-state index in [2.05, 4.69) is 29.8 Å². The number of hydrogen-bond acceptors (Lipinski definition) is 2. The zero-order valence-electron chi connectivity index (χ0n) is 11.3. The average molecular weight is 306 g/mol. The zero-order chi connectivity index (χ0) is 13.1. The minimum atomic E-state index is -0.111. The fourth-order valence-electron chi connectivity index (χ4n) is 2.02.